The van der Waals surface area contributed by atoms with Crippen LogP contribution in [0.25, 0.3) is 0 Å². The highest BCUT2D eigenvalue weighted by atomic mass is 16.6. The smallest absolute Gasteiger partial charge is 0.343 e. The lowest BCUT2D eigenvalue weighted by Crippen LogP contribution is -1.97. The van der Waals surface area contributed by atoms with Gasteiger partial charge in [-0.2, -0.15) is 0 Å². The predicted molar refractivity (Wildman–Crippen MR) is 71.6 cm³/mol. The van der Waals surface area contributed by atoms with E-state index in [1.165, 1.54) is 42.5 Å². The van der Waals surface area contributed by atoms with E-state index in [1.54, 1.807) is 0 Å². The highest BCUT2D eigenvalue weighted by Gasteiger charge is 2.22. The Hall–Kier alpha value is -3.36. The summed E-state index contributed by atoms with van der Waals surface area (Å²) in [4.78, 5) is 20.3. The third-order valence-corrected chi connectivity index (χ3v) is 2.56. The molecule has 0 amide bonds. The van der Waals surface area contributed by atoms with Crippen molar-refractivity contribution >= 4 is 22.7 Å². The Morgan fingerprint density at radius 2 is 1.19 bits per heavy atom. The van der Waals surface area contributed by atoms with Crippen molar-refractivity contribution in [3.05, 3.63) is 74.0 Å². The standard InChI is InChI=1S/C12H8N4O5/c17-14(11-7-3-4-8-12(11)16(20)21)13-9-5-1-2-6-10(9)15(18)19/h1-8H. The van der Waals surface area contributed by atoms with Crippen LogP contribution in [-0.2, 0) is 0 Å². The van der Waals surface area contributed by atoms with Crippen LogP contribution in [0.15, 0.2) is 53.6 Å². The molecule has 0 spiro atoms. The molecule has 0 radical (unpaired) electrons. The first-order valence-electron chi connectivity index (χ1n) is 5.66. The molecule has 2 rings (SSSR count). The number of hydrogen-bond donors (Lipinski definition) is 0. The fraction of sp³-hybridized carbons (Fsp3) is 0. The first kappa shape index (κ1) is 14.1. The van der Waals surface area contributed by atoms with Crippen LogP contribution in [0.2, 0.25) is 0 Å². The molecule has 0 unspecified atom stereocenters. The lowest BCUT2D eigenvalue weighted by molar-refractivity contribution is -0.455. The molecule has 0 atom stereocenters. The van der Waals surface area contributed by atoms with Crippen LogP contribution in [0.3, 0.4) is 0 Å². The van der Waals surface area contributed by atoms with Gasteiger partial charge in [0, 0.05) is 23.3 Å². The number of azo groups is 1. The van der Waals surface area contributed by atoms with E-state index in [4.69, 9.17) is 0 Å². The topological polar surface area (TPSA) is 125 Å². The average molecular weight is 288 g/mol. The monoisotopic (exact) mass is 288 g/mol. The molecule has 0 heterocycles. The molecule has 9 nitrogen and oxygen atoms in total. The maximum Gasteiger partial charge on any atom is 0.343 e. The van der Waals surface area contributed by atoms with Gasteiger partial charge in [-0.05, 0) is 10.9 Å². The zero-order valence-electron chi connectivity index (χ0n) is 10.4. The quantitative estimate of drug-likeness (QED) is 0.368. The predicted octanol–water partition coefficient (Wildman–Crippen LogP) is 3.43. The third-order valence-electron chi connectivity index (χ3n) is 2.56. The highest BCUT2D eigenvalue weighted by Crippen LogP contribution is 2.31. The zero-order valence-corrected chi connectivity index (χ0v) is 10.4. The Kier molecular flexibility index (Phi) is 3.84. The molecule has 0 saturated heterocycles. The van der Waals surface area contributed by atoms with Crippen molar-refractivity contribution in [3.8, 4) is 0 Å². The number of nitro benzene ring substituents is 2. The lowest BCUT2D eigenvalue weighted by atomic mass is 10.3. The normalized spacial score (nSPS) is 11.1. The first-order valence-corrected chi connectivity index (χ1v) is 5.66. The van der Waals surface area contributed by atoms with Crippen LogP contribution in [0.1, 0.15) is 0 Å². The fourth-order valence-corrected chi connectivity index (χ4v) is 1.64. The molecule has 2 aromatic carbocycles. The summed E-state index contributed by atoms with van der Waals surface area (Å²) in [6, 6.07) is 10.6. The van der Waals surface area contributed by atoms with E-state index in [9.17, 15) is 25.4 Å². The molecule has 0 bridgehead atoms. The largest absolute Gasteiger partial charge is 0.594 e. The van der Waals surface area contributed by atoms with E-state index in [1.807, 2.05) is 0 Å². The van der Waals surface area contributed by atoms with Crippen LogP contribution in [-0.4, -0.2) is 14.7 Å². The van der Waals surface area contributed by atoms with Crippen molar-refractivity contribution in [3.63, 3.8) is 0 Å². The minimum Gasteiger partial charge on any atom is -0.594 e. The van der Waals surface area contributed by atoms with Gasteiger partial charge in [0.05, 0.1) is 9.85 Å². The second kappa shape index (κ2) is 5.74. The maximum absolute atomic E-state index is 11.9. The molecule has 0 aliphatic rings. The van der Waals surface area contributed by atoms with Crippen LogP contribution in [0.5, 0.6) is 0 Å². The van der Waals surface area contributed by atoms with Crippen molar-refractivity contribution in [2.75, 3.05) is 0 Å². The molecular formula is C12H8N4O5. The summed E-state index contributed by atoms with van der Waals surface area (Å²) in [7, 11) is 0. The van der Waals surface area contributed by atoms with Gasteiger partial charge in [0.15, 0.2) is 0 Å². The third kappa shape index (κ3) is 2.97. The van der Waals surface area contributed by atoms with Crippen molar-refractivity contribution in [1.82, 2.24) is 0 Å². The first-order chi connectivity index (χ1) is 10.0. The Morgan fingerprint density at radius 1 is 0.714 bits per heavy atom. The molecule has 0 N–H and O–H groups in total. The van der Waals surface area contributed by atoms with Gasteiger partial charge in [-0.3, -0.25) is 20.2 Å². The summed E-state index contributed by atoms with van der Waals surface area (Å²) in [6.45, 7) is 0. The average Bonchev–Trinajstić information content (AvgIpc) is 2.47. The van der Waals surface area contributed by atoms with E-state index in [2.05, 4.69) is 5.11 Å². The summed E-state index contributed by atoms with van der Waals surface area (Å²) in [5, 5.41) is 37.1. The summed E-state index contributed by atoms with van der Waals surface area (Å²) in [6.07, 6.45) is 0. The van der Waals surface area contributed by atoms with Gasteiger partial charge in [-0.15, -0.1) is 0 Å². The van der Waals surface area contributed by atoms with Crippen LogP contribution < -0.4 is 0 Å². The molecule has 0 aliphatic heterocycles. The van der Waals surface area contributed by atoms with Crippen LogP contribution >= 0.6 is 0 Å². The van der Waals surface area contributed by atoms with Gasteiger partial charge < -0.3 is 5.21 Å². The molecule has 0 fully saturated rings. The molecule has 21 heavy (non-hydrogen) atoms. The Morgan fingerprint density at radius 3 is 1.76 bits per heavy atom. The molecule has 0 aliphatic carbocycles. The molecule has 9 heteroatoms. The molecule has 106 valence electrons. The maximum atomic E-state index is 11.9. The van der Waals surface area contributed by atoms with Gasteiger partial charge in [0.2, 0.25) is 5.69 Å². The van der Waals surface area contributed by atoms with Gasteiger partial charge in [-0.1, -0.05) is 24.3 Å². The van der Waals surface area contributed by atoms with Crippen molar-refractivity contribution in [2.24, 2.45) is 5.11 Å². The van der Waals surface area contributed by atoms with E-state index in [0.29, 0.717) is 0 Å². The Bertz CT molecular complexity index is 744. The SMILES string of the molecule is O=[N+]([O-])c1ccccc1N=[N+]([O-])c1ccccc1[N+](=O)[O-]. The summed E-state index contributed by atoms with van der Waals surface area (Å²) in [5.41, 5.74) is -1.29. The van der Waals surface area contributed by atoms with Gasteiger partial charge in [0.25, 0.3) is 0 Å². The molecule has 0 aromatic heterocycles. The van der Waals surface area contributed by atoms with Gasteiger partial charge in [0.1, 0.15) is 0 Å². The summed E-state index contributed by atoms with van der Waals surface area (Å²) >= 11 is 0. The molecular weight excluding hydrogens is 280 g/mol. The summed E-state index contributed by atoms with van der Waals surface area (Å²) in [5.74, 6) is 0. The van der Waals surface area contributed by atoms with Crippen molar-refractivity contribution in [1.29, 1.82) is 0 Å². The fourth-order valence-electron chi connectivity index (χ4n) is 1.64. The van der Waals surface area contributed by atoms with Gasteiger partial charge in [-0.25, -0.2) is 0 Å². The van der Waals surface area contributed by atoms with Gasteiger partial charge >= 0.3 is 17.1 Å². The number of nitro groups is 2. The number of benzene rings is 2. The van der Waals surface area contributed by atoms with E-state index < -0.39 is 15.5 Å². The second-order valence-corrected chi connectivity index (χ2v) is 3.86. The Labute approximate surface area is 117 Å². The summed E-state index contributed by atoms with van der Waals surface area (Å²) < 4.78 is 0. The van der Waals surface area contributed by atoms with Crippen molar-refractivity contribution in [2.45, 2.75) is 0 Å². The molecule has 2 aromatic rings. The number of hydrogen-bond acceptors (Lipinski definition) is 6. The van der Waals surface area contributed by atoms with Crippen molar-refractivity contribution < 1.29 is 14.7 Å². The minimum atomic E-state index is -0.727. The van der Waals surface area contributed by atoms with E-state index in [-0.39, 0.29) is 21.9 Å². The highest BCUT2D eigenvalue weighted by molar-refractivity contribution is 5.56. The second-order valence-electron chi connectivity index (χ2n) is 3.86. The van der Waals surface area contributed by atoms with E-state index in [0.717, 1.165) is 6.07 Å². The Balaban J connectivity index is 2.53. The lowest BCUT2D eigenvalue weighted by Gasteiger charge is -2.01. The number of para-hydroxylation sites is 3. The minimum absolute atomic E-state index is 0.000463. The molecule has 0 saturated carbocycles. The number of rotatable bonds is 4. The number of nitrogens with zero attached hydrogens (tertiary/aromatic N) is 4. The van der Waals surface area contributed by atoms with Crippen LogP contribution in [0.4, 0.5) is 22.7 Å². The van der Waals surface area contributed by atoms with E-state index >= 15 is 0 Å². The van der Waals surface area contributed by atoms with Crippen LogP contribution in [0, 0.1) is 25.4 Å². The zero-order chi connectivity index (χ0) is 15.4.